The molecule has 2 aliphatic carbocycles. The zero-order valence-corrected chi connectivity index (χ0v) is 34.0. The van der Waals surface area contributed by atoms with Gasteiger partial charge in [-0.05, 0) is 102 Å². The van der Waals surface area contributed by atoms with Gasteiger partial charge in [-0.3, -0.25) is 19.1 Å². The first-order chi connectivity index (χ1) is 26.4. The SMILES string of the molecule is C[C@@H]1CC/C=C\[C@@H]2C[C@@]2(C(=O)NS(=O)(=O)C2(C)CC2)NC(=O)[C@@H]2C[C@@H](Oc3nc4c(c5ccccc35)CCCO4)CN2C(=O)[C@@H](NC(=O)OC(C)(C)C)[C@H](C)C1. The van der Waals surface area contributed by atoms with Crippen LogP contribution < -0.4 is 24.8 Å². The first-order valence-corrected chi connectivity index (χ1v) is 21.4. The highest BCUT2D eigenvalue weighted by Gasteiger charge is 2.63. The minimum atomic E-state index is -4.00. The van der Waals surface area contributed by atoms with E-state index in [1.165, 1.54) is 4.90 Å². The third-order valence-electron chi connectivity index (χ3n) is 12.0. The Labute approximate surface area is 328 Å². The van der Waals surface area contributed by atoms with Gasteiger partial charge >= 0.3 is 6.09 Å². The fourth-order valence-electron chi connectivity index (χ4n) is 8.33. The van der Waals surface area contributed by atoms with E-state index in [1.54, 1.807) is 27.7 Å². The van der Waals surface area contributed by atoms with E-state index < -0.39 is 73.8 Å². The van der Waals surface area contributed by atoms with Crippen molar-refractivity contribution < 1.29 is 41.8 Å². The Hall–Kier alpha value is -4.40. The van der Waals surface area contributed by atoms with E-state index in [2.05, 4.69) is 22.3 Å². The van der Waals surface area contributed by atoms with Gasteiger partial charge in [0.15, 0.2) is 0 Å². The fraction of sp³-hybridized carbons (Fsp3) is 0.634. The maximum Gasteiger partial charge on any atom is 0.408 e. The standard InChI is InChI=1S/C41H55N5O9S/c1-24-12-7-8-13-26-22-41(26,37(49)45-56(51,52)40(6)17-18-40)44-33(47)31-21-27(23-46(31)36(48)32(25(2)20-24)42-38(50)55-39(3,4)5)54-35-30-15-10-9-14-28(30)29-16-11-19-53-34(29)43-35/h8-10,13-15,24-27,31-32H,7,11-12,16-23H2,1-6H3,(H,42,50)(H,44,47)(H,45,49)/b13-8-/t24-,25-,26-,27-,31+,32+,41-/m1/s1. The summed E-state index contributed by atoms with van der Waals surface area (Å²) in [4.78, 5) is 62.8. The Bertz CT molecular complexity index is 2040. The van der Waals surface area contributed by atoms with Crippen molar-refractivity contribution >= 4 is 44.6 Å². The van der Waals surface area contributed by atoms with Crippen LogP contribution in [0.4, 0.5) is 4.79 Å². The second kappa shape index (κ2) is 14.8. The molecule has 3 aliphatic heterocycles. The van der Waals surface area contributed by atoms with E-state index in [9.17, 15) is 27.6 Å². The first kappa shape index (κ1) is 39.8. The number of carbonyl (C=O) groups excluding carboxylic acids is 4. The van der Waals surface area contributed by atoms with Gasteiger partial charge in [0, 0.05) is 23.3 Å². The number of amides is 4. The molecule has 3 fully saturated rings. The summed E-state index contributed by atoms with van der Waals surface area (Å²) in [5, 5.41) is 7.48. The van der Waals surface area contributed by atoms with Crippen molar-refractivity contribution in [3.05, 3.63) is 42.0 Å². The molecule has 0 spiro atoms. The molecule has 1 saturated heterocycles. The molecule has 2 aromatic rings. The Balaban J connectivity index is 1.24. The van der Waals surface area contributed by atoms with Gasteiger partial charge in [-0.15, -0.1) is 0 Å². The number of hydrogen-bond acceptors (Lipinski definition) is 10. The molecule has 1 aromatic heterocycles. The summed E-state index contributed by atoms with van der Waals surface area (Å²) >= 11 is 0. The molecule has 14 nitrogen and oxygen atoms in total. The van der Waals surface area contributed by atoms with E-state index in [4.69, 9.17) is 19.2 Å². The van der Waals surface area contributed by atoms with Crippen LogP contribution in [0.5, 0.6) is 11.8 Å². The highest BCUT2D eigenvalue weighted by Crippen LogP contribution is 2.48. The Morgan fingerprint density at radius 2 is 1.82 bits per heavy atom. The van der Waals surface area contributed by atoms with E-state index in [1.807, 2.05) is 43.3 Å². The number of carbonyl (C=O) groups is 4. The highest BCUT2D eigenvalue weighted by atomic mass is 32.2. The van der Waals surface area contributed by atoms with Crippen molar-refractivity contribution in [2.24, 2.45) is 17.8 Å². The lowest BCUT2D eigenvalue weighted by Gasteiger charge is -2.33. The summed E-state index contributed by atoms with van der Waals surface area (Å²) in [6.07, 6.45) is 7.24. The summed E-state index contributed by atoms with van der Waals surface area (Å²) < 4.78 is 45.8. The molecule has 0 bridgehead atoms. The van der Waals surface area contributed by atoms with E-state index >= 15 is 0 Å². The number of aromatic nitrogens is 1. The molecule has 4 amide bonds. The summed E-state index contributed by atoms with van der Waals surface area (Å²) in [7, 11) is -4.00. The van der Waals surface area contributed by atoms with Crippen LogP contribution in [0.1, 0.15) is 98.5 Å². The lowest BCUT2D eigenvalue weighted by Crippen LogP contribution is -2.59. The number of fused-ring (bicyclic) bond motifs is 5. The molecule has 4 heterocycles. The normalized spacial score (nSPS) is 30.9. The Kier molecular flexibility index (Phi) is 10.5. The number of aryl methyl sites for hydroxylation is 1. The minimum Gasteiger partial charge on any atom is -0.477 e. The summed E-state index contributed by atoms with van der Waals surface area (Å²) in [5.41, 5.74) is -1.35. The predicted molar refractivity (Wildman–Crippen MR) is 208 cm³/mol. The minimum absolute atomic E-state index is 0.0189. The summed E-state index contributed by atoms with van der Waals surface area (Å²) in [6.45, 7) is 11.3. The number of pyridine rings is 1. The quantitative estimate of drug-likeness (QED) is 0.347. The van der Waals surface area contributed by atoms with Crippen LogP contribution in [0.3, 0.4) is 0 Å². The highest BCUT2D eigenvalue weighted by molar-refractivity contribution is 7.91. The zero-order valence-electron chi connectivity index (χ0n) is 33.2. The van der Waals surface area contributed by atoms with Crippen LogP contribution in [0.25, 0.3) is 10.8 Å². The van der Waals surface area contributed by atoms with Gasteiger partial charge in [-0.1, -0.05) is 44.2 Å². The summed E-state index contributed by atoms with van der Waals surface area (Å²) in [5.74, 6) is -1.73. The molecule has 304 valence electrons. The second-order valence-corrected chi connectivity index (χ2v) is 20.0. The van der Waals surface area contributed by atoms with Crippen LogP contribution in [0, 0.1) is 17.8 Å². The number of benzene rings is 1. The number of alkyl carbamates (subject to hydrolysis) is 1. The number of nitrogens with one attached hydrogen (secondary N) is 3. The van der Waals surface area contributed by atoms with Gasteiger partial charge in [0.25, 0.3) is 5.91 Å². The molecular weight excluding hydrogens is 739 g/mol. The molecule has 7 atom stereocenters. The van der Waals surface area contributed by atoms with Crippen molar-refractivity contribution in [1.82, 2.24) is 25.2 Å². The number of ether oxygens (including phenoxy) is 3. The van der Waals surface area contributed by atoms with Gasteiger partial charge in [-0.2, -0.15) is 4.98 Å². The topological polar surface area (TPSA) is 182 Å². The fourth-order valence-corrected chi connectivity index (χ4v) is 9.64. The molecule has 1 aromatic carbocycles. The van der Waals surface area contributed by atoms with Gasteiger partial charge in [-0.25, -0.2) is 13.2 Å². The molecule has 0 unspecified atom stereocenters. The zero-order chi connectivity index (χ0) is 40.2. The van der Waals surface area contributed by atoms with Crippen LogP contribution in [-0.4, -0.2) is 89.3 Å². The van der Waals surface area contributed by atoms with Crippen LogP contribution in [0.15, 0.2) is 36.4 Å². The smallest absolute Gasteiger partial charge is 0.408 e. The molecular formula is C41H55N5O9S. The third-order valence-corrected chi connectivity index (χ3v) is 14.1. The van der Waals surface area contributed by atoms with Crippen molar-refractivity contribution in [2.75, 3.05) is 13.2 Å². The second-order valence-electron chi connectivity index (χ2n) is 17.8. The number of hydrogen-bond donors (Lipinski definition) is 3. The predicted octanol–water partition coefficient (Wildman–Crippen LogP) is 4.69. The van der Waals surface area contributed by atoms with Gasteiger partial charge in [0.1, 0.15) is 29.3 Å². The van der Waals surface area contributed by atoms with Crippen molar-refractivity contribution in [1.29, 1.82) is 0 Å². The number of nitrogens with zero attached hydrogens (tertiary/aromatic N) is 2. The molecule has 7 rings (SSSR count). The van der Waals surface area contributed by atoms with Crippen LogP contribution >= 0.6 is 0 Å². The molecule has 2 saturated carbocycles. The molecule has 56 heavy (non-hydrogen) atoms. The van der Waals surface area contributed by atoms with Gasteiger partial charge in [0.2, 0.25) is 33.6 Å². The van der Waals surface area contributed by atoms with Crippen LogP contribution in [0.2, 0.25) is 0 Å². The average Bonchev–Trinajstić information content (AvgIpc) is 4.01. The van der Waals surface area contributed by atoms with Crippen LogP contribution in [-0.2, 0) is 35.6 Å². The maximum absolute atomic E-state index is 14.9. The number of sulfonamides is 1. The largest absolute Gasteiger partial charge is 0.477 e. The van der Waals surface area contributed by atoms with Crippen molar-refractivity contribution in [3.63, 3.8) is 0 Å². The Morgan fingerprint density at radius 1 is 1.09 bits per heavy atom. The molecule has 15 heteroatoms. The maximum atomic E-state index is 14.9. The third kappa shape index (κ3) is 8.05. The van der Waals surface area contributed by atoms with Gasteiger partial charge in [0.05, 0.1) is 17.9 Å². The van der Waals surface area contributed by atoms with E-state index in [-0.39, 0.29) is 31.2 Å². The monoisotopic (exact) mass is 793 g/mol. The van der Waals surface area contributed by atoms with E-state index in [0.717, 1.165) is 35.6 Å². The average molecular weight is 794 g/mol. The van der Waals surface area contributed by atoms with Crippen molar-refractivity contribution in [2.45, 2.75) is 133 Å². The first-order valence-electron chi connectivity index (χ1n) is 20.0. The van der Waals surface area contributed by atoms with Gasteiger partial charge < -0.3 is 29.7 Å². The molecule has 3 N–H and O–H groups in total. The molecule has 0 radical (unpaired) electrons. The summed E-state index contributed by atoms with van der Waals surface area (Å²) in [6, 6.07) is 5.58. The number of rotatable bonds is 6. The molecule has 5 aliphatic rings. The lowest BCUT2D eigenvalue weighted by molar-refractivity contribution is -0.142. The number of allylic oxidation sites excluding steroid dienone is 1. The van der Waals surface area contributed by atoms with E-state index in [0.29, 0.717) is 44.1 Å². The van der Waals surface area contributed by atoms with Crippen molar-refractivity contribution in [3.8, 4) is 11.8 Å². The Morgan fingerprint density at radius 3 is 2.54 bits per heavy atom. The lowest BCUT2D eigenvalue weighted by atomic mass is 9.88.